The van der Waals surface area contributed by atoms with E-state index in [1.807, 2.05) is 0 Å². The van der Waals surface area contributed by atoms with Gasteiger partial charge in [0.1, 0.15) is 16.5 Å². The lowest BCUT2D eigenvalue weighted by Crippen LogP contribution is -2.52. The molecule has 1 aliphatic carbocycles. The van der Waals surface area contributed by atoms with Crippen LogP contribution in [0.1, 0.15) is 18.4 Å². The van der Waals surface area contributed by atoms with E-state index in [2.05, 4.69) is 9.98 Å². The maximum Gasteiger partial charge on any atom is 0.257 e. The van der Waals surface area contributed by atoms with Crippen molar-refractivity contribution >= 4 is 18.0 Å². The Hall–Kier alpha value is -1.96. The Labute approximate surface area is 136 Å². The van der Waals surface area contributed by atoms with Gasteiger partial charge in [-0.3, -0.25) is 0 Å². The second-order valence-electron chi connectivity index (χ2n) is 5.90. The van der Waals surface area contributed by atoms with Crippen LogP contribution in [-0.2, 0) is 10.3 Å². The molecule has 4 N–H and O–H groups in total. The van der Waals surface area contributed by atoms with Crippen molar-refractivity contribution in [2.75, 3.05) is 6.61 Å². The Morgan fingerprint density at radius 2 is 2.17 bits per heavy atom. The zero-order valence-corrected chi connectivity index (χ0v) is 12.8. The molecular formula is C15H14ClFN4O2. The van der Waals surface area contributed by atoms with Gasteiger partial charge in [-0.1, -0.05) is 11.6 Å². The zero-order chi connectivity index (χ0) is 16.2. The molecule has 1 atom stereocenters. The molecule has 0 amide bonds. The quantitative estimate of drug-likeness (QED) is 0.555. The Morgan fingerprint density at radius 3 is 2.91 bits per heavy atom. The molecule has 6 nitrogen and oxygen atoms in total. The van der Waals surface area contributed by atoms with Crippen molar-refractivity contribution in [2.45, 2.75) is 24.0 Å². The normalized spacial score (nSPS) is 27.3. The van der Waals surface area contributed by atoms with Gasteiger partial charge in [0.25, 0.3) is 5.95 Å². The van der Waals surface area contributed by atoms with Gasteiger partial charge in [0.15, 0.2) is 12.2 Å². The Kier molecular flexibility index (Phi) is 3.03. The molecule has 2 aliphatic heterocycles. The lowest BCUT2D eigenvalue weighted by atomic mass is 9.73. The van der Waals surface area contributed by atoms with Crippen molar-refractivity contribution in [3.8, 4) is 5.75 Å². The molecule has 3 aliphatic rings. The average molecular weight is 337 g/mol. The third-order valence-corrected chi connectivity index (χ3v) is 4.51. The van der Waals surface area contributed by atoms with Crippen molar-refractivity contribution in [1.82, 2.24) is 4.98 Å². The number of pyridine rings is 1. The van der Waals surface area contributed by atoms with Gasteiger partial charge >= 0.3 is 0 Å². The number of rotatable bonds is 0. The van der Waals surface area contributed by atoms with Gasteiger partial charge in [-0.25, -0.2) is 9.98 Å². The summed E-state index contributed by atoms with van der Waals surface area (Å²) in [6.07, 6.45) is 5.49. The maximum atomic E-state index is 14.3. The van der Waals surface area contributed by atoms with Crippen LogP contribution >= 0.6 is 11.6 Å². The van der Waals surface area contributed by atoms with Gasteiger partial charge in [-0.05, 0) is 18.2 Å². The molecule has 120 valence electrons. The second-order valence-corrected chi connectivity index (χ2v) is 6.28. The molecule has 1 unspecified atom stereocenters. The van der Waals surface area contributed by atoms with Crippen molar-refractivity contribution in [3.63, 3.8) is 0 Å². The molecule has 0 saturated heterocycles. The molecule has 0 saturated carbocycles. The van der Waals surface area contributed by atoms with Gasteiger partial charge in [0.05, 0.1) is 12.3 Å². The summed E-state index contributed by atoms with van der Waals surface area (Å²) in [6, 6.07) is 1.57. The molecule has 1 aromatic rings. The standard InChI is InChI=1S/C15H14ClFN4O2/c16-11-5-8-12(13(17)21-11)23-10-1-2-14(18,19)6-9(10)15(8)3-4-22-7-20-15/h1-2,5,7H,3-4,6,18-19H2. The highest BCUT2D eigenvalue weighted by atomic mass is 35.5. The van der Waals surface area contributed by atoms with E-state index in [9.17, 15) is 4.39 Å². The molecular weight excluding hydrogens is 323 g/mol. The molecule has 3 heterocycles. The predicted molar refractivity (Wildman–Crippen MR) is 82.5 cm³/mol. The van der Waals surface area contributed by atoms with Crippen molar-refractivity contribution in [2.24, 2.45) is 16.5 Å². The number of hydrogen-bond donors (Lipinski definition) is 2. The van der Waals surface area contributed by atoms with Crippen LogP contribution in [0, 0.1) is 5.95 Å². The van der Waals surface area contributed by atoms with Crippen LogP contribution in [0.5, 0.6) is 5.75 Å². The van der Waals surface area contributed by atoms with Crippen LogP contribution in [0.4, 0.5) is 4.39 Å². The van der Waals surface area contributed by atoms with Crippen LogP contribution in [-0.4, -0.2) is 23.7 Å². The van der Waals surface area contributed by atoms with Crippen LogP contribution in [0.2, 0.25) is 5.15 Å². The second kappa shape index (κ2) is 4.77. The largest absolute Gasteiger partial charge is 0.483 e. The summed E-state index contributed by atoms with van der Waals surface area (Å²) in [4.78, 5) is 8.14. The SMILES string of the molecule is NC1(N)C=CC2=C(C1)C1(CCOC=N1)c1cc(Cl)nc(F)c1O2. The van der Waals surface area contributed by atoms with Gasteiger partial charge in [-0.15, -0.1) is 0 Å². The van der Waals surface area contributed by atoms with E-state index in [0.29, 0.717) is 30.8 Å². The predicted octanol–water partition coefficient (Wildman–Crippen LogP) is 1.74. The van der Waals surface area contributed by atoms with Gasteiger partial charge in [-0.2, -0.15) is 4.39 Å². The highest BCUT2D eigenvalue weighted by molar-refractivity contribution is 6.29. The lowest BCUT2D eigenvalue weighted by molar-refractivity contribution is 0.218. The number of halogens is 2. The number of nitrogens with zero attached hydrogens (tertiary/aromatic N) is 2. The highest BCUT2D eigenvalue weighted by Crippen LogP contribution is 2.52. The minimum Gasteiger partial charge on any atom is -0.483 e. The molecule has 23 heavy (non-hydrogen) atoms. The van der Waals surface area contributed by atoms with E-state index in [1.165, 1.54) is 6.40 Å². The Bertz CT molecular complexity index is 790. The minimum atomic E-state index is -1.02. The molecule has 0 fully saturated rings. The average Bonchev–Trinajstić information content (AvgIpc) is 2.50. The van der Waals surface area contributed by atoms with E-state index < -0.39 is 17.1 Å². The Morgan fingerprint density at radius 1 is 1.35 bits per heavy atom. The summed E-state index contributed by atoms with van der Waals surface area (Å²) in [5.41, 5.74) is 11.5. The van der Waals surface area contributed by atoms with E-state index in [0.717, 1.165) is 5.57 Å². The minimum absolute atomic E-state index is 0.0263. The van der Waals surface area contributed by atoms with Crippen LogP contribution < -0.4 is 16.2 Å². The molecule has 0 aromatic carbocycles. The fourth-order valence-electron chi connectivity index (χ4n) is 3.26. The van der Waals surface area contributed by atoms with Crippen molar-refractivity contribution < 1.29 is 13.9 Å². The number of ether oxygens (including phenoxy) is 2. The summed E-state index contributed by atoms with van der Waals surface area (Å²) < 4.78 is 25.2. The number of fused-ring (bicyclic) bond motifs is 3. The third-order valence-electron chi connectivity index (χ3n) is 4.31. The summed E-state index contributed by atoms with van der Waals surface area (Å²) in [6.45, 7) is 0.424. The van der Waals surface area contributed by atoms with E-state index in [1.54, 1.807) is 18.2 Å². The first kappa shape index (κ1) is 14.6. The zero-order valence-electron chi connectivity index (χ0n) is 12.1. The summed E-state index contributed by atoms with van der Waals surface area (Å²) in [5, 5.41) is 0.0353. The molecule has 1 spiro atoms. The monoisotopic (exact) mass is 336 g/mol. The smallest absolute Gasteiger partial charge is 0.257 e. The first-order chi connectivity index (χ1) is 10.9. The third kappa shape index (κ3) is 2.15. The molecule has 0 radical (unpaired) electrons. The molecule has 8 heteroatoms. The fraction of sp³-hybridized carbons (Fsp3) is 0.333. The number of aromatic nitrogens is 1. The maximum absolute atomic E-state index is 14.3. The van der Waals surface area contributed by atoms with E-state index in [4.69, 9.17) is 32.5 Å². The fourth-order valence-corrected chi connectivity index (χ4v) is 3.45. The summed E-state index contributed by atoms with van der Waals surface area (Å²) in [5.74, 6) is -0.254. The van der Waals surface area contributed by atoms with E-state index >= 15 is 0 Å². The van der Waals surface area contributed by atoms with Crippen LogP contribution in [0.25, 0.3) is 0 Å². The van der Waals surface area contributed by atoms with Gasteiger partial charge in [0, 0.05) is 24.0 Å². The van der Waals surface area contributed by atoms with Crippen LogP contribution in [0.3, 0.4) is 0 Å². The van der Waals surface area contributed by atoms with Crippen molar-refractivity contribution in [3.05, 3.63) is 46.2 Å². The molecule has 1 aromatic heterocycles. The number of nitrogens with two attached hydrogens (primary N) is 2. The van der Waals surface area contributed by atoms with Crippen molar-refractivity contribution in [1.29, 1.82) is 0 Å². The molecule has 4 rings (SSSR count). The number of hydrogen-bond acceptors (Lipinski definition) is 6. The van der Waals surface area contributed by atoms with Gasteiger partial charge < -0.3 is 20.9 Å². The Balaban J connectivity index is 1.99. The first-order valence-electron chi connectivity index (χ1n) is 7.12. The number of aliphatic imine (C=N–C) groups is 1. The van der Waals surface area contributed by atoms with Gasteiger partial charge in [0.2, 0.25) is 0 Å². The summed E-state index contributed by atoms with van der Waals surface area (Å²) >= 11 is 5.95. The number of allylic oxidation sites excluding steroid dienone is 1. The lowest BCUT2D eigenvalue weighted by Gasteiger charge is -2.43. The summed E-state index contributed by atoms with van der Waals surface area (Å²) in [7, 11) is 0. The topological polar surface area (TPSA) is 95.8 Å². The molecule has 0 bridgehead atoms. The van der Waals surface area contributed by atoms with E-state index in [-0.39, 0.29) is 10.9 Å². The first-order valence-corrected chi connectivity index (χ1v) is 7.49. The highest BCUT2D eigenvalue weighted by Gasteiger charge is 2.48. The van der Waals surface area contributed by atoms with Crippen LogP contribution in [0.15, 0.2) is 34.5 Å².